The molecule has 0 saturated carbocycles. The Morgan fingerprint density at radius 1 is 1.00 bits per heavy atom. The van der Waals surface area contributed by atoms with Crippen molar-refractivity contribution in [2.24, 2.45) is 0 Å². The molecule has 2 nitrogen and oxygen atoms in total. The van der Waals surface area contributed by atoms with E-state index in [1.807, 2.05) is 67.7 Å². The minimum absolute atomic E-state index is 0.0900. The van der Waals surface area contributed by atoms with Gasteiger partial charge in [-0.15, -0.1) is 0 Å². The van der Waals surface area contributed by atoms with Crippen LogP contribution in [-0.2, 0) is 0 Å². The van der Waals surface area contributed by atoms with E-state index in [4.69, 9.17) is 0 Å². The number of benzene rings is 2. The second-order valence-electron chi connectivity index (χ2n) is 5.27. The van der Waals surface area contributed by atoms with Gasteiger partial charge in [0.1, 0.15) is 0 Å². The molecule has 0 aliphatic rings. The summed E-state index contributed by atoms with van der Waals surface area (Å²) in [4.78, 5) is 12.1. The number of carbonyl (C=O) groups is 1. The lowest BCUT2D eigenvalue weighted by Crippen LogP contribution is -1.99. The highest BCUT2D eigenvalue weighted by Gasteiger charge is 2.18. The Hall–Kier alpha value is -2.13. The topological polar surface area (TPSA) is 22.0 Å². The smallest absolute Gasteiger partial charge is 0.162 e. The van der Waals surface area contributed by atoms with Crippen LogP contribution >= 0.6 is 15.9 Å². The van der Waals surface area contributed by atoms with Crippen LogP contribution in [0.4, 0.5) is 0 Å². The lowest BCUT2D eigenvalue weighted by atomic mass is 10.0. The van der Waals surface area contributed by atoms with Crippen LogP contribution in [0.5, 0.6) is 0 Å². The molecule has 0 saturated heterocycles. The summed E-state index contributed by atoms with van der Waals surface area (Å²) in [5, 5.41) is 0. The minimum Gasteiger partial charge on any atom is -0.320 e. The van der Waals surface area contributed by atoms with E-state index in [9.17, 15) is 4.79 Å². The zero-order valence-corrected chi connectivity index (χ0v) is 14.1. The third-order valence-electron chi connectivity index (χ3n) is 3.79. The molecule has 0 atom stereocenters. The van der Waals surface area contributed by atoms with Crippen LogP contribution < -0.4 is 0 Å². The van der Waals surface area contributed by atoms with Crippen LogP contribution in [0.3, 0.4) is 0 Å². The van der Waals surface area contributed by atoms with Crippen LogP contribution in [0.15, 0.2) is 65.3 Å². The van der Waals surface area contributed by atoms with E-state index >= 15 is 0 Å². The Bertz CT molecular complexity index is 817. The summed E-state index contributed by atoms with van der Waals surface area (Å²) in [5.74, 6) is 0.0900. The number of nitrogens with zero attached hydrogens (tertiary/aromatic N) is 1. The monoisotopic (exact) mass is 353 g/mol. The Kier molecular flexibility index (Phi) is 3.99. The molecule has 2 aromatic carbocycles. The summed E-state index contributed by atoms with van der Waals surface area (Å²) >= 11 is 3.45. The molecular weight excluding hydrogens is 338 g/mol. The molecule has 0 N–H and O–H groups in total. The molecule has 3 heteroatoms. The van der Waals surface area contributed by atoms with Crippen molar-refractivity contribution in [2.75, 3.05) is 0 Å². The molecule has 0 unspecified atom stereocenters. The molecule has 1 heterocycles. The maximum Gasteiger partial charge on any atom is 0.162 e. The lowest BCUT2D eigenvalue weighted by Gasteiger charge is -2.06. The number of halogens is 1. The van der Waals surface area contributed by atoms with Crippen molar-refractivity contribution >= 4 is 21.7 Å². The third-order valence-corrected chi connectivity index (χ3v) is 4.32. The fraction of sp³-hybridized carbons (Fsp3) is 0.105. The molecule has 0 bridgehead atoms. The van der Waals surface area contributed by atoms with E-state index in [1.54, 1.807) is 6.92 Å². The molecule has 0 aliphatic heterocycles. The van der Waals surface area contributed by atoms with Crippen LogP contribution in [0, 0.1) is 6.92 Å². The van der Waals surface area contributed by atoms with Gasteiger partial charge >= 0.3 is 0 Å². The van der Waals surface area contributed by atoms with E-state index in [0.717, 1.165) is 32.5 Å². The van der Waals surface area contributed by atoms with E-state index in [1.165, 1.54) is 0 Å². The van der Waals surface area contributed by atoms with Crippen molar-refractivity contribution in [2.45, 2.75) is 13.8 Å². The zero-order chi connectivity index (χ0) is 15.7. The number of aromatic nitrogens is 1. The molecule has 0 amide bonds. The van der Waals surface area contributed by atoms with Crippen molar-refractivity contribution < 1.29 is 4.79 Å². The van der Waals surface area contributed by atoms with Crippen LogP contribution in [0.1, 0.15) is 23.0 Å². The fourth-order valence-electron chi connectivity index (χ4n) is 2.76. The van der Waals surface area contributed by atoms with Gasteiger partial charge in [-0.3, -0.25) is 4.79 Å². The maximum absolute atomic E-state index is 12.1. The molecule has 0 spiro atoms. The number of carbonyl (C=O) groups excluding carboxylic acids is 1. The molecule has 0 aliphatic carbocycles. The molecule has 0 radical (unpaired) electrons. The Morgan fingerprint density at radius 2 is 1.64 bits per heavy atom. The minimum atomic E-state index is 0.0900. The molecule has 22 heavy (non-hydrogen) atoms. The first kappa shape index (κ1) is 14.8. The normalized spacial score (nSPS) is 10.7. The third kappa shape index (κ3) is 2.64. The van der Waals surface area contributed by atoms with E-state index < -0.39 is 0 Å². The van der Waals surface area contributed by atoms with Crippen molar-refractivity contribution in [1.29, 1.82) is 0 Å². The van der Waals surface area contributed by atoms with Crippen molar-refractivity contribution in [1.82, 2.24) is 4.57 Å². The summed E-state index contributed by atoms with van der Waals surface area (Å²) in [6, 6.07) is 18.1. The van der Waals surface area contributed by atoms with Crippen LogP contribution in [-0.4, -0.2) is 10.4 Å². The standard InChI is InChI=1S/C19H16BrNO/c1-13-19(14(2)22)18(15-6-4-3-5-7-15)12-21(13)17-10-8-16(20)9-11-17/h3-12H,1-2H3. The van der Waals surface area contributed by atoms with Gasteiger partial charge in [-0.05, 0) is 43.7 Å². The summed E-state index contributed by atoms with van der Waals surface area (Å²) in [6.07, 6.45) is 2.05. The number of rotatable bonds is 3. The summed E-state index contributed by atoms with van der Waals surface area (Å²) in [7, 11) is 0. The van der Waals surface area contributed by atoms with E-state index in [0.29, 0.717) is 0 Å². The van der Waals surface area contributed by atoms with Gasteiger partial charge in [-0.2, -0.15) is 0 Å². The maximum atomic E-state index is 12.1. The Morgan fingerprint density at radius 3 is 2.23 bits per heavy atom. The number of Topliss-reactive ketones (excluding diaryl/α,β-unsaturated/α-hetero) is 1. The second-order valence-corrected chi connectivity index (χ2v) is 6.19. The van der Waals surface area contributed by atoms with Gasteiger partial charge in [0, 0.05) is 33.2 Å². The number of ketones is 1. The largest absolute Gasteiger partial charge is 0.320 e. The highest BCUT2D eigenvalue weighted by molar-refractivity contribution is 9.10. The first-order chi connectivity index (χ1) is 10.6. The lowest BCUT2D eigenvalue weighted by molar-refractivity contribution is 0.101. The van der Waals surface area contributed by atoms with Gasteiger partial charge in [0.05, 0.1) is 0 Å². The molecule has 3 aromatic rings. The van der Waals surface area contributed by atoms with Gasteiger partial charge in [-0.1, -0.05) is 46.3 Å². The van der Waals surface area contributed by atoms with Gasteiger partial charge in [0.2, 0.25) is 0 Å². The SMILES string of the molecule is CC(=O)c1c(-c2ccccc2)cn(-c2ccc(Br)cc2)c1C. The van der Waals surface area contributed by atoms with Gasteiger partial charge in [0.25, 0.3) is 0 Å². The average molecular weight is 354 g/mol. The van der Waals surface area contributed by atoms with Crippen molar-refractivity contribution in [3.63, 3.8) is 0 Å². The molecule has 0 fully saturated rings. The first-order valence-corrected chi connectivity index (χ1v) is 7.91. The summed E-state index contributed by atoms with van der Waals surface area (Å²) < 4.78 is 3.11. The van der Waals surface area contributed by atoms with Crippen LogP contribution in [0.2, 0.25) is 0 Å². The van der Waals surface area contributed by atoms with Crippen molar-refractivity contribution in [3.05, 3.63) is 76.5 Å². The van der Waals surface area contributed by atoms with E-state index in [2.05, 4.69) is 20.5 Å². The van der Waals surface area contributed by atoms with Crippen molar-refractivity contribution in [3.8, 4) is 16.8 Å². The number of hydrogen-bond donors (Lipinski definition) is 0. The van der Waals surface area contributed by atoms with Gasteiger partial charge in [0.15, 0.2) is 5.78 Å². The second kappa shape index (κ2) is 5.93. The van der Waals surface area contributed by atoms with Gasteiger partial charge < -0.3 is 4.57 Å². The number of hydrogen-bond acceptors (Lipinski definition) is 1. The molecular formula is C19H16BrNO. The fourth-order valence-corrected chi connectivity index (χ4v) is 3.02. The highest BCUT2D eigenvalue weighted by Crippen LogP contribution is 2.30. The summed E-state index contributed by atoms with van der Waals surface area (Å²) in [6.45, 7) is 3.62. The highest BCUT2D eigenvalue weighted by atomic mass is 79.9. The molecule has 3 rings (SSSR count). The Labute approximate surface area is 138 Å². The average Bonchev–Trinajstić information content (AvgIpc) is 2.87. The molecule has 1 aromatic heterocycles. The van der Waals surface area contributed by atoms with Gasteiger partial charge in [-0.25, -0.2) is 0 Å². The van der Waals surface area contributed by atoms with Crippen LogP contribution in [0.25, 0.3) is 16.8 Å². The summed E-state index contributed by atoms with van der Waals surface area (Å²) in [5.41, 5.74) is 4.84. The first-order valence-electron chi connectivity index (χ1n) is 7.12. The predicted octanol–water partition coefficient (Wildman–Crippen LogP) is 5.42. The molecule has 110 valence electrons. The zero-order valence-electron chi connectivity index (χ0n) is 12.5. The predicted molar refractivity (Wildman–Crippen MR) is 93.6 cm³/mol. The Balaban J connectivity index is 2.22. The van der Waals surface area contributed by atoms with E-state index in [-0.39, 0.29) is 5.78 Å². The quantitative estimate of drug-likeness (QED) is 0.576.